The number of hydrogen-bond acceptors (Lipinski definition) is 8. The molecule has 0 spiro atoms. The Labute approximate surface area is 108 Å². The van der Waals surface area contributed by atoms with E-state index in [4.69, 9.17) is 14.9 Å². The lowest BCUT2D eigenvalue weighted by molar-refractivity contribution is 0.128. The Kier molecular flexibility index (Phi) is 4.11. The fourth-order valence-electron chi connectivity index (χ4n) is 1.21. The first-order chi connectivity index (χ1) is 8.67. The molecule has 0 radical (unpaired) electrons. The number of nitrogen functional groups attached to an aromatic ring is 1. The van der Waals surface area contributed by atoms with Crippen LogP contribution in [0.2, 0.25) is 0 Å². The van der Waals surface area contributed by atoms with Crippen molar-refractivity contribution in [2.24, 2.45) is 0 Å². The Hall–Kier alpha value is -1.67. The van der Waals surface area contributed by atoms with Crippen molar-refractivity contribution in [1.82, 2.24) is 20.2 Å². The molecule has 96 valence electrons. The standard InChI is InChI=1S/C10H13N5O2S/c1-3-16-5-8-12-7(11)4-9(13-8)18-10-15-14-6(2)17-10/h4H,3,5H2,1-2H3,(H2,11,12,13). The van der Waals surface area contributed by atoms with Gasteiger partial charge in [-0.25, -0.2) is 9.97 Å². The van der Waals surface area contributed by atoms with Crippen molar-refractivity contribution < 1.29 is 9.15 Å². The smallest absolute Gasteiger partial charge is 0.282 e. The van der Waals surface area contributed by atoms with Gasteiger partial charge in [-0.1, -0.05) is 0 Å². The highest BCUT2D eigenvalue weighted by Gasteiger charge is 2.09. The van der Waals surface area contributed by atoms with Crippen molar-refractivity contribution in [1.29, 1.82) is 0 Å². The molecule has 2 rings (SSSR count). The fourth-order valence-corrected chi connectivity index (χ4v) is 1.97. The summed E-state index contributed by atoms with van der Waals surface area (Å²) in [6.45, 7) is 4.57. The molecule has 0 atom stereocenters. The first kappa shape index (κ1) is 12.8. The number of nitrogens with two attached hydrogens (primary N) is 1. The maximum Gasteiger partial charge on any atom is 0.282 e. The van der Waals surface area contributed by atoms with Gasteiger partial charge in [0.2, 0.25) is 5.89 Å². The number of nitrogens with zero attached hydrogens (tertiary/aromatic N) is 4. The minimum atomic E-state index is 0.331. The van der Waals surface area contributed by atoms with E-state index in [1.807, 2.05) is 6.92 Å². The van der Waals surface area contributed by atoms with Gasteiger partial charge in [0.1, 0.15) is 17.5 Å². The molecule has 18 heavy (non-hydrogen) atoms. The van der Waals surface area contributed by atoms with Crippen molar-refractivity contribution >= 4 is 17.6 Å². The molecule has 0 amide bonds. The second kappa shape index (κ2) is 5.78. The molecule has 0 fully saturated rings. The summed E-state index contributed by atoms with van der Waals surface area (Å²) in [4.78, 5) is 8.37. The van der Waals surface area contributed by atoms with E-state index in [2.05, 4.69) is 20.2 Å². The summed E-state index contributed by atoms with van der Waals surface area (Å²) in [6, 6.07) is 1.65. The van der Waals surface area contributed by atoms with Crippen LogP contribution in [0.5, 0.6) is 0 Å². The normalized spacial score (nSPS) is 10.8. The van der Waals surface area contributed by atoms with Crippen LogP contribution < -0.4 is 5.73 Å². The molecule has 7 nitrogen and oxygen atoms in total. The number of rotatable bonds is 5. The van der Waals surface area contributed by atoms with Gasteiger partial charge in [0.25, 0.3) is 5.22 Å². The summed E-state index contributed by atoms with van der Waals surface area (Å²) in [5, 5.41) is 8.69. The molecular formula is C10H13N5O2S. The zero-order valence-electron chi connectivity index (χ0n) is 10.1. The van der Waals surface area contributed by atoms with E-state index in [1.54, 1.807) is 13.0 Å². The van der Waals surface area contributed by atoms with Gasteiger partial charge in [-0.05, 0) is 18.7 Å². The van der Waals surface area contributed by atoms with Crippen LogP contribution in [0.3, 0.4) is 0 Å². The Morgan fingerprint density at radius 1 is 1.39 bits per heavy atom. The maximum absolute atomic E-state index is 5.70. The Bertz CT molecular complexity index is 531. The molecule has 2 heterocycles. The van der Waals surface area contributed by atoms with Gasteiger partial charge < -0.3 is 14.9 Å². The molecule has 8 heteroatoms. The van der Waals surface area contributed by atoms with Gasteiger partial charge >= 0.3 is 0 Å². The first-order valence-electron chi connectivity index (χ1n) is 5.36. The second-order valence-electron chi connectivity index (χ2n) is 3.37. The Balaban J connectivity index is 2.14. The average Bonchev–Trinajstić information content (AvgIpc) is 2.71. The lowest BCUT2D eigenvalue weighted by Crippen LogP contribution is -2.03. The molecule has 0 saturated carbocycles. The highest BCUT2D eigenvalue weighted by molar-refractivity contribution is 7.99. The van der Waals surface area contributed by atoms with E-state index < -0.39 is 0 Å². The third-order valence-electron chi connectivity index (χ3n) is 1.90. The van der Waals surface area contributed by atoms with Gasteiger partial charge in [-0.15, -0.1) is 10.2 Å². The van der Waals surface area contributed by atoms with Crippen LogP contribution in [-0.4, -0.2) is 26.8 Å². The lowest BCUT2D eigenvalue weighted by Gasteiger charge is -2.03. The quantitative estimate of drug-likeness (QED) is 0.812. The van der Waals surface area contributed by atoms with E-state index >= 15 is 0 Å². The van der Waals surface area contributed by atoms with Gasteiger partial charge in [-0.3, -0.25) is 0 Å². The molecular weight excluding hydrogens is 254 g/mol. The van der Waals surface area contributed by atoms with Gasteiger partial charge in [0.05, 0.1) is 0 Å². The molecule has 0 aliphatic heterocycles. The molecule has 0 unspecified atom stereocenters. The molecule has 0 aliphatic rings. The van der Waals surface area contributed by atoms with Crippen molar-refractivity contribution in [3.05, 3.63) is 17.8 Å². The predicted octanol–water partition coefficient (Wildman–Crippen LogP) is 1.44. The summed E-state index contributed by atoms with van der Waals surface area (Å²) in [6.07, 6.45) is 0. The number of ether oxygens (including phenoxy) is 1. The van der Waals surface area contributed by atoms with Crippen molar-refractivity contribution in [2.75, 3.05) is 12.3 Å². The van der Waals surface area contributed by atoms with Crippen LogP contribution in [-0.2, 0) is 11.3 Å². The molecule has 0 bridgehead atoms. The van der Waals surface area contributed by atoms with E-state index in [-0.39, 0.29) is 0 Å². The summed E-state index contributed by atoms with van der Waals surface area (Å²) < 4.78 is 10.5. The monoisotopic (exact) mass is 267 g/mol. The maximum atomic E-state index is 5.70. The van der Waals surface area contributed by atoms with Gasteiger partial charge in [0.15, 0.2) is 5.82 Å². The van der Waals surface area contributed by atoms with Crippen molar-refractivity contribution in [2.45, 2.75) is 30.7 Å². The number of aryl methyl sites for hydroxylation is 1. The van der Waals surface area contributed by atoms with Crippen LogP contribution in [0.15, 0.2) is 20.7 Å². The second-order valence-corrected chi connectivity index (χ2v) is 4.35. The van der Waals surface area contributed by atoms with E-state index in [0.29, 0.717) is 41.0 Å². The number of hydrogen-bond donors (Lipinski definition) is 1. The predicted molar refractivity (Wildman–Crippen MR) is 64.9 cm³/mol. The zero-order chi connectivity index (χ0) is 13.0. The van der Waals surface area contributed by atoms with Crippen LogP contribution in [0.25, 0.3) is 0 Å². The molecule has 0 saturated heterocycles. The molecule has 2 aromatic rings. The topological polar surface area (TPSA) is 100.0 Å². The van der Waals surface area contributed by atoms with Crippen LogP contribution in [0, 0.1) is 6.92 Å². The van der Waals surface area contributed by atoms with Gasteiger partial charge in [-0.2, -0.15) is 0 Å². The van der Waals surface area contributed by atoms with Crippen LogP contribution >= 0.6 is 11.8 Å². The lowest BCUT2D eigenvalue weighted by atomic mass is 10.5. The molecule has 0 aliphatic carbocycles. The molecule has 0 aromatic carbocycles. The van der Waals surface area contributed by atoms with Crippen LogP contribution in [0.4, 0.5) is 5.82 Å². The van der Waals surface area contributed by atoms with Crippen molar-refractivity contribution in [3.63, 3.8) is 0 Å². The minimum absolute atomic E-state index is 0.331. The van der Waals surface area contributed by atoms with E-state index in [9.17, 15) is 0 Å². The highest BCUT2D eigenvalue weighted by atomic mass is 32.2. The SMILES string of the molecule is CCOCc1nc(N)cc(Sc2nnc(C)o2)n1. The summed E-state index contributed by atoms with van der Waals surface area (Å²) in [7, 11) is 0. The Morgan fingerprint density at radius 2 is 2.22 bits per heavy atom. The molecule has 2 N–H and O–H groups in total. The van der Waals surface area contributed by atoms with E-state index in [0.717, 1.165) is 0 Å². The van der Waals surface area contributed by atoms with Gasteiger partial charge in [0, 0.05) is 19.6 Å². The highest BCUT2D eigenvalue weighted by Crippen LogP contribution is 2.25. The average molecular weight is 267 g/mol. The summed E-state index contributed by atoms with van der Waals surface area (Å²) in [5.41, 5.74) is 5.70. The largest absolute Gasteiger partial charge is 0.416 e. The fraction of sp³-hybridized carbons (Fsp3) is 0.400. The number of aromatic nitrogens is 4. The summed E-state index contributed by atoms with van der Waals surface area (Å²) >= 11 is 1.24. The van der Waals surface area contributed by atoms with Crippen LogP contribution in [0.1, 0.15) is 18.6 Å². The third-order valence-corrected chi connectivity index (χ3v) is 2.66. The third kappa shape index (κ3) is 3.41. The summed E-state index contributed by atoms with van der Waals surface area (Å²) in [5.74, 6) is 1.43. The zero-order valence-corrected chi connectivity index (χ0v) is 10.9. The number of anilines is 1. The minimum Gasteiger partial charge on any atom is -0.416 e. The first-order valence-corrected chi connectivity index (χ1v) is 6.18. The molecule has 2 aromatic heterocycles. The van der Waals surface area contributed by atoms with Crippen molar-refractivity contribution in [3.8, 4) is 0 Å². The van der Waals surface area contributed by atoms with E-state index in [1.165, 1.54) is 11.8 Å². The Morgan fingerprint density at radius 3 is 2.89 bits per heavy atom.